The summed E-state index contributed by atoms with van der Waals surface area (Å²) in [5, 5.41) is 0. The standard InChI is InChI=1S/C26H42O/c1-2-3-4-5-6-7-8-9-10-11-12-13-14-15-19-24-22-21-23-18-16-17-20-25(23)26(24)27/h16-18,20,24H,2-15,19,21-22H2,1H3. The van der Waals surface area contributed by atoms with Gasteiger partial charge in [-0.15, -0.1) is 0 Å². The average molecular weight is 371 g/mol. The number of carbonyl (C=O) groups excluding carboxylic acids is 1. The molecule has 1 atom stereocenters. The molecule has 152 valence electrons. The van der Waals surface area contributed by atoms with Crippen LogP contribution >= 0.6 is 0 Å². The van der Waals surface area contributed by atoms with Gasteiger partial charge < -0.3 is 0 Å². The molecule has 1 aliphatic carbocycles. The average Bonchev–Trinajstić information content (AvgIpc) is 2.70. The van der Waals surface area contributed by atoms with Crippen LogP contribution in [0.15, 0.2) is 24.3 Å². The van der Waals surface area contributed by atoms with Crippen LogP contribution in [-0.2, 0) is 6.42 Å². The van der Waals surface area contributed by atoms with Crippen molar-refractivity contribution in [3.8, 4) is 0 Å². The number of unbranched alkanes of at least 4 members (excludes halogenated alkanes) is 13. The largest absolute Gasteiger partial charge is 0.294 e. The van der Waals surface area contributed by atoms with E-state index in [0.29, 0.717) is 5.78 Å². The molecule has 0 radical (unpaired) electrons. The Balaban J connectivity index is 1.40. The lowest BCUT2D eigenvalue weighted by atomic mass is 9.80. The summed E-state index contributed by atoms with van der Waals surface area (Å²) in [6.45, 7) is 2.29. The van der Waals surface area contributed by atoms with Crippen LogP contribution < -0.4 is 0 Å². The van der Waals surface area contributed by atoms with Crippen molar-refractivity contribution < 1.29 is 4.79 Å². The molecule has 0 aromatic heterocycles. The van der Waals surface area contributed by atoms with Crippen molar-refractivity contribution in [1.29, 1.82) is 0 Å². The molecule has 1 aliphatic rings. The van der Waals surface area contributed by atoms with Gasteiger partial charge in [0, 0.05) is 11.5 Å². The fourth-order valence-corrected chi connectivity index (χ4v) is 4.52. The highest BCUT2D eigenvalue weighted by Gasteiger charge is 2.26. The van der Waals surface area contributed by atoms with Crippen molar-refractivity contribution in [2.75, 3.05) is 0 Å². The Hall–Kier alpha value is -1.11. The van der Waals surface area contributed by atoms with Gasteiger partial charge in [0.15, 0.2) is 5.78 Å². The van der Waals surface area contributed by atoms with Gasteiger partial charge >= 0.3 is 0 Å². The SMILES string of the molecule is CCCCCCCCCCCCCCCCC1CCc2ccccc2C1=O. The molecule has 0 aliphatic heterocycles. The van der Waals surface area contributed by atoms with Gasteiger partial charge in [-0.05, 0) is 24.8 Å². The zero-order valence-corrected chi connectivity index (χ0v) is 17.8. The molecule has 27 heavy (non-hydrogen) atoms. The number of hydrogen-bond acceptors (Lipinski definition) is 1. The van der Waals surface area contributed by atoms with E-state index in [2.05, 4.69) is 19.1 Å². The number of aryl methyl sites for hydroxylation is 1. The van der Waals surface area contributed by atoms with Crippen molar-refractivity contribution >= 4 is 5.78 Å². The summed E-state index contributed by atoms with van der Waals surface area (Å²) in [7, 11) is 0. The second-order valence-corrected chi connectivity index (χ2v) is 8.64. The molecule has 0 fully saturated rings. The van der Waals surface area contributed by atoms with Crippen LogP contribution in [0, 0.1) is 5.92 Å². The second-order valence-electron chi connectivity index (χ2n) is 8.64. The Labute approximate surface area is 168 Å². The number of hydrogen-bond donors (Lipinski definition) is 0. The lowest BCUT2D eigenvalue weighted by Gasteiger charge is -2.23. The summed E-state index contributed by atoms with van der Waals surface area (Å²) in [6.07, 6.45) is 22.8. The first kappa shape index (κ1) is 22.2. The van der Waals surface area contributed by atoms with E-state index < -0.39 is 0 Å². The van der Waals surface area contributed by atoms with Gasteiger partial charge in [0.05, 0.1) is 0 Å². The summed E-state index contributed by atoms with van der Waals surface area (Å²) in [5.41, 5.74) is 2.26. The minimum Gasteiger partial charge on any atom is -0.294 e. The number of fused-ring (bicyclic) bond motifs is 1. The molecule has 1 aromatic rings. The zero-order chi connectivity index (χ0) is 19.2. The van der Waals surface area contributed by atoms with Crippen LogP contribution in [0.5, 0.6) is 0 Å². The first-order valence-corrected chi connectivity index (χ1v) is 11.9. The predicted octanol–water partition coefficient (Wildman–Crippen LogP) is 8.30. The van der Waals surface area contributed by atoms with Gasteiger partial charge in [0.1, 0.15) is 0 Å². The van der Waals surface area contributed by atoms with Gasteiger partial charge in [-0.2, -0.15) is 0 Å². The molecule has 0 saturated heterocycles. The second kappa shape index (κ2) is 14.0. The predicted molar refractivity (Wildman–Crippen MR) is 118 cm³/mol. The Bertz CT molecular complexity index is 519. The van der Waals surface area contributed by atoms with Crippen LogP contribution in [0.4, 0.5) is 0 Å². The first-order chi connectivity index (χ1) is 13.3. The van der Waals surface area contributed by atoms with Crippen molar-refractivity contribution in [3.63, 3.8) is 0 Å². The first-order valence-electron chi connectivity index (χ1n) is 11.9. The summed E-state index contributed by atoms with van der Waals surface area (Å²) in [4.78, 5) is 12.6. The molecule has 0 amide bonds. The molecule has 1 nitrogen and oxygen atoms in total. The van der Waals surface area contributed by atoms with Crippen LogP contribution in [0.1, 0.15) is 126 Å². The van der Waals surface area contributed by atoms with Gasteiger partial charge in [-0.3, -0.25) is 4.79 Å². The lowest BCUT2D eigenvalue weighted by molar-refractivity contribution is 0.0892. The zero-order valence-electron chi connectivity index (χ0n) is 17.8. The Morgan fingerprint density at radius 3 is 1.85 bits per heavy atom. The van der Waals surface area contributed by atoms with E-state index >= 15 is 0 Å². The maximum absolute atomic E-state index is 12.6. The third kappa shape index (κ3) is 8.62. The molecule has 0 N–H and O–H groups in total. The fourth-order valence-electron chi connectivity index (χ4n) is 4.52. The molecule has 1 unspecified atom stereocenters. The number of ketones is 1. The molecule has 0 saturated carbocycles. The number of Topliss-reactive ketones (excluding diaryl/α,β-unsaturated/α-hetero) is 1. The van der Waals surface area contributed by atoms with E-state index in [1.54, 1.807) is 0 Å². The molecule has 0 heterocycles. The van der Waals surface area contributed by atoms with E-state index in [4.69, 9.17) is 0 Å². The Kier molecular flexibility index (Phi) is 11.5. The van der Waals surface area contributed by atoms with Gasteiger partial charge in [-0.1, -0.05) is 121 Å². The van der Waals surface area contributed by atoms with E-state index in [9.17, 15) is 4.79 Å². The van der Waals surface area contributed by atoms with Crippen LogP contribution in [0.25, 0.3) is 0 Å². The van der Waals surface area contributed by atoms with Gasteiger partial charge in [0.25, 0.3) is 0 Å². The summed E-state index contributed by atoms with van der Waals surface area (Å²) < 4.78 is 0. The number of benzene rings is 1. The molecule has 1 aromatic carbocycles. The summed E-state index contributed by atoms with van der Waals surface area (Å²) in [5.74, 6) is 0.698. The van der Waals surface area contributed by atoms with Crippen molar-refractivity contribution in [2.45, 2.75) is 116 Å². The van der Waals surface area contributed by atoms with Crippen molar-refractivity contribution in [3.05, 3.63) is 35.4 Å². The van der Waals surface area contributed by atoms with Crippen LogP contribution in [0.2, 0.25) is 0 Å². The maximum atomic E-state index is 12.6. The highest BCUT2D eigenvalue weighted by molar-refractivity contribution is 6.00. The molecular formula is C26H42O. The molecule has 0 spiro atoms. The van der Waals surface area contributed by atoms with Crippen molar-refractivity contribution in [2.24, 2.45) is 5.92 Å². The van der Waals surface area contributed by atoms with Gasteiger partial charge in [0.2, 0.25) is 0 Å². The van der Waals surface area contributed by atoms with E-state index in [1.165, 1.54) is 95.5 Å². The monoisotopic (exact) mass is 370 g/mol. The molecule has 1 heteroatoms. The highest BCUT2D eigenvalue weighted by Crippen LogP contribution is 2.29. The Morgan fingerprint density at radius 1 is 0.741 bits per heavy atom. The number of carbonyl (C=O) groups is 1. The smallest absolute Gasteiger partial charge is 0.166 e. The topological polar surface area (TPSA) is 17.1 Å². The summed E-state index contributed by atoms with van der Waals surface area (Å²) >= 11 is 0. The van der Waals surface area contributed by atoms with E-state index in [0.717, 1.165) is 24.8 Å². The Morgan fingerprint density at radius 2 is 1.26 bits per heavy atom. The summed E-state index contributed by atoms with van der Waals surface area (Å²) in [6, 6.07) is 8.20. The van der Waals surface area contributed by atoms with Crippen LogP contribution in [-0.4, -0.2) is 5.78 Å². The van der Waals surface area contributed by atoms with Crippen molar-refractivity contribution in [1.82, 2.24) is 0 Å². The third-order valence-corrected chi connectivity index (χ3v) is 6.32. The minimum atomic E-state index is 0.289. The quantitative estimate of drug-likeness (QED) is 0.284. The molecular weight excluding hydrogens is 328 g/mol. The number of rotatable bonds is 15. The molecule has 0 bridgehead atoms. The minimum absolute atomic E-state index is 0.289. The lowest BCUT2D eigenvalue weighted by Crippen LogP contribution is -2.22. The highest BCUT2D eigenvalue weighted by atomic mass is 16.1. The van der Waals surface area contributed by atoms with E-state index in [1.807, 2.05) is 12.1 Å². The van der Waals surface area contributed by atoms with Crippen LogP contribution in [0.3, 0.4) is 0 Å². The molecule has 2 rings (SSSR count). The third-order valence-electron chi connectivity index (χ3n) is 6.32. The van der Waals surface area contributed by atoms with Gasteiger partial charge in [-0.25, -0.2) is 0 Å². The fraction of sp³-hybridized carbons (Fsp3) is 0.731. The normalized spacial score (nSPS) is 16.5. The maximum Gasteiger partial charge on any atom is 0.166 e. The van der Waals surface area contributed by atoms with E-state index in [-0.39, 0.29) is 5.92 Å².